The fraction of sp³-hybridized carbons (Fsp3) is 0.818. The van der Waals surface area contributed by atoms with Gasteiger partial charge < -0.3 is 14.6 Å². The molecule has 1 aliphatic carbocycles. The van der Waals surface area contributed by atoms with Crippen LogP contribution in [0.25, 0.3) is 11.2 Å². The molecule has 0 saturated heterocycles. The first-order chi connectivity index (χ1) is 14.9. The van der Waals surface area contributed by atoms with Crippen molar-refractivity contribution in [1.82, 2.24) is 25.0 Å². The molecule has 1 fully saturated rings. The lowest BCUT2D eigenvalue weighted by molar-refractivity contribution is 0.134. The summed E-state index contributed by atoms with van der Waals surface area (Å²) in [7, 11) is -3.90. The fourth-order valence-electron chi connectivity index (χ4n) is 3.77. The Hall–Kier alpha value is -1.57. The van der Waals surface area contributed by atoms with E-state index >= 15 is 0 Å². The fourth-order valence-corrected chi connectivity index (χ4v) is 6.22. The summed E-state index contributed by atoms with van der Waals surface area (Å²) in [5.74, 6) is 0.395. The lowest BCUT2D eigenvalue weighted by Crippen LogP contribution is -2.45. The molecule has 0 radical (unpaired) electrons. The van der Waals surface area contributed by atoms with Gasteiger partial charge >= 0.3 is 0 Å². The first-order valence-electron chi connectivity index (χ1n) is 11.9. The smallest absolute Gasteiger partial charge is 0.282 e. The normalized spacial score (nSPS) is 22.9. The quantitative estimate of drug-likeness (QED) is 0.569. The summed E-state index contributed by atoms with van der Waals surface area (Å²) >= 11 is 0. The summed E-state index contributed by atoms with van der Waals surface area (Å²) in [5.41, 5.74) is 6.08. The molecule has 0 aromatic carbocycles. The molecule has 1 saturated carbocycles. The van der Waals surface area contributed by atoms with Gasteiger partial charge in [0, 0.05) is 6.61 Å². The van der Waals surface area contributed by atoms with Gasteiger partial charge in [-0.05, 0) is 55.0 Å². The van der Waals surface area contributed by atoms with Gasteiger partial charge in [0.1, 0.15) is 0 Å². The van der Waals surface area contributed by atoms with Crippen LogP contribution in [-0.4, -0.2) is 54.3 Å². The molecule has 2 heterocycles. The van der Waals surface area contributed by atoms with Gasteiger partial charge in [-0.1, -0.05) is 46.8 Å². The second-order valence-electron chi connectivity index (χ2n) is 12.6. The number of fused-ring (bicyclic) bond motifs is 1. The van der Waals surface area contributed by atoms with Gasteiger partial charge in [-0.15, -0.1) is 5.10 Å². The second-order valence-corrected chi connectivity index (χ2v) is 22.1. The van der Waals surface area contributed by atoms with E-state index in [1.807, 2.05) is 0 Å². The van der Waals surface area contributed by atoms with Crippen LogP contribution >= 0.6 is 0 Å². The minimum atomic E-state index is -2.04. The van der Waals surface area contributed by atoms with Gasteiger partial charge in [0.2, 0.25) is 5.95 Å². The van der Waals surface area contributed by atoms with Crippen molar-refractivity contribution in [2.45, 2.75) is 103 Å². The number of hydrogen-bond donors (Lipinski definition) is 2. The monoisotopic (exact) mass is 494 g/mol. The van der Waals surface area contributed by atoms with Gasteiger partial charge in [0.05, 0.1) is 12.1 Å². The van der Waals surface area contributed by atoms with Gasteiger partial charge in [0.15, 0.2) is 27.8 Å². The molecule has 3 N–H and O–H groups in total. The predicted octanol–water partition coefficient (Wildman–Crippen LogP) is 4.46. The number of aromatic amines is 1. The highest BCUT2D eigenvalue weighted by Crippen LogP contribution is 2.45. The summed E-state index contributed by atoms with van der Waals surface area (Å²) in [6.45, 7) is 23.3. The molecule has 186 valence electrons. The van der Waals surface area contributed by atoms with Crippen molar-refractivity contribution < 1.29 is 8.85 Å². The Morgan fingerprint density at radius 1 is 1.06 bits per heavy atom. The molecule has 11 heteroatoms. The first kappa shape index (κ1) is 26.0. The maximum absolute atomic E-state index is 12.3. The van der Waals surface area contributed by atoms with E-state index in [0.717, 1.165) is 12.8 Å². The van der Waals surface area contributed by atoms with Gasteiger partial charge in [-0.3, -0.25) is 9.78 Å². The molecular formula is C22H42N6O3Si2. The summed E-state index contributed by atoms with van der Waals surface area (Å²) in [4.78, 5) is 19.2. The number of nitrogens with two attached hydrogens (primary N) is 1. The summed E-state index contributed by atoms with van der Waals surface area (Å²) in [6, 6.07) is -0.0779. The molecule has 0 unspecified atom stereocenters. The molecule has 1 aliphatic rings. The maximum atomic E-state index is 12.3. The molecule has 0 aliphatic heterocycles. The summed E-state index contributed by atoms with van der Waals surface area (Å²) in [5, 5.41) is 8.69. The van der Waals surface area contributed by atoms with Crippen molar-refractivity contribution in [2.24, 2.45) is 5.92 Å². The number of nitrogens with zero attached hydrogens (tertiary/aromatic N) is 4. The van der Waals surface area contributed by atoms with Crippen LogP contribution in [0.3, 0.4) is 0 Å². The zero-order chi connectivity index (χ0) is 25.0. The van der Waals surface area contributed by atoms with Crippen LogP contribution in [0.15, 0.2) is 4.79 Å². The zero-order valence-corrected chi connectivity index (χ0v) is 23.9. The van der Waals surface area contributed by atoms with Gasteiger partial charge in [-0.25, -0.2) is 4.68 Å². The standard InChI is InChI=1S/C22H42N6O3Si2/c1-21(2,3)32(7,8)30-13-14-11-15(16(12-14)31-33(9,10)22(4,5)6)28-18-17(26-27-28)19(29)25-20(23)24-18/h14-16H,11-13H2,1-10H3,(H3,23,24,25,29)/t14-,15+,16+/m0/s1. The van der Waals surface area contributed by atoms with Crippen molar-refractivity contribution in [3.63, 3.8) is 0 Å². The lowest BCUT2D eigenvalue weighted by atomic mass is 10.1. The third-order valence-corrected chi connectivity index (χ3v) is 17.0. The molecule has 3 atom stereocenters. The van der Waals surface area contributed by atoms with E-state index in [0.29, 0.717) is 18.2 Å². The van der Waals surface area contributed by atoms with Crippen molar-refractivity contribution in [1.29, 1.82) is 0 Å². The number of nitrogens with one attached hydrogen (secondary N) is 1. The minimum absolute atomic E-state index is 0.0499. The third-order valence-electron chi connectivity index (χ3n) is 7.97. The van der Waals surface area contributed by atoms with Crippen LogP contribution in [0.1, 0.15) is 60.4 Å². The number of hydrogen-bond acceptors (Lipinski definition) is 7. The van der Waals surface area contributed by atoms with Crippen LogP contribution in [0.2, 0.25) is 36.3 Å². The average molecular weight is 495 g/mol. The topological polar surface area (TPSA) is 121 Å². The zero-order valence-electron chi connectivity index (χ0n) is 21.9. The Morgan fingerprint density at radius 3 is 2.24 bits per heavy atom. The summed E-state index contributed by atoms with van der Waals surface area (Å²) < 4.78 is 15.2. The average Bonchev–Trinajstić information content (AvgIpc) is 3.21. The molecule has 0 amide bonds. The van der Waals surface area contributed by atoms with E-state index in [4.69, 9.17) is 14.6 Å². The van der Waals surface area contributed by atoms with Crippen LogP contribution in [-0.2, 0) is 8.85 Å². The number of rotatable bonds is 6. The Balaban J connectivity index is 1.93. The predicted molar refractivity (Wildman–Crippen MR) is 137 cm³/mol. The Kier molecular flexibility index (Phi) is 6.77. The molecule has 2 aromatic heterocycles. The Morgan fingerprint density at radius 2 is 1.67 bits per heavy atom. The van der Waals surface area contributed by atoms with E-state index in [2.05, 4.69) is 88.0 Å². The molecular weight excluding hydrogens is 452 g/mol. The van der Waals surface area contributed by atoms with Crippen molar-refractivity contribution in [3.8, 4) is 0 Å². The SMILES string of the molecule is CC(C)(C)[Si](C)(C)OC[C@H]1C[C@@H](n2nnc3c(=O)[nH]c(N)nc32)[C@H](O[Si](C)(C)C(C)(C)C)C1. The van der Waals surface area contributed by atoms with E-state index < -0.39 is 16.6 Å². The Bertz CT molecular complexity index is 1050. The Labute approximate surface area is 199 Å². The van der Waals surface area contributed by atoms with E-state index in [9.17, 15) is 4.79 Å². The minimum Gasteiger partial charge on any atom is -0.417 e. The van der Waals surface area contributed by atoms with Crippen LogP contribution < -0.4 is 11.3 Å². The highest BCUT2D eigenvalue weighted by molar-refractivity contribution is 6.74. The number of H-pyrrole nitrogens is 1. The molecule has 0 bridgehead atoms. The van der Waals surface area contributed by atoms with Gasteiger partial charge in [-0.2, -0.15) is 4.98 Å². The number of nitrogen functional groups attached to an aromatic ring is 1. The van der Waals surface area contributed by atoms with E-state index in [1.54, 1.807) is 4.68 Å². The van der Waals surface area contributed by atoms with Crippen molar-refractivity contribution >= 4 is 33.7 Å². The number of anilines is 1. The highest BCUT2D eigenvalue weighted by atomic mass is 28.4. The highest BCUT2D eigenvalue weighted by Gasteiger charge is 2.46. The summed E-state index contributed by atoms with van der Waals surface area (Å²) in [6.07, 6.45) is 1.66. The lowest BCUT2D eigenvalue weighted by Gasteiger charge is -2.39. The van der Waals surface area contributed by atoms with Crippen molar-refractivity contribution in [3.05, 3.63) is 10.4 Å². The van der Waals surface area contributed by atoms with Crippen LogP contribution in [0.5, 0.6) is 0 Å². The van der Waals surface area contributed by atoms with Crippen LogP contribution in [0.4, 0.5) is 5.95 Å². The third kappa shape index (κ3) is 5.25. The molecule has 9 nitrogen and oxygen atoms in total. The molecule has 0 spiro atoms. The second kappa shape index (κ2) is 8.58. The molecule has 33 heavy (non-hydrogen) atoms. The number of aromatic nitrogens is 5. The van der Waals surface area contributed by atoms with E-state index in [1.165, 1.54) is 0 Å². The van der Waals surface area contributed by atoms with Crippen molar-refractivity contribution in [2.75, 3.05) is 12.3 Å². The maximum Gasteiger partial charge on any atom is 0.282 e. The van der Waals surface area contributed by atoms with E-state index in [-0.39, 0.29) is 39.2 Å². The first-order valence-corrected chi connectivity index (χ1v) is 17.7. The largest absolute Gasteiger partial charge is 0.417 e. The molecule has 2 aromatic rings. The van der Waals surface area contributed by atoms with Gasteiger partial charge in [0.25, 0.3) is 5.56 Å². The van der Waals surface area contributed by atoms with Crippen LogP contribution in [0, 0.1) is 5.92 Å². The molecule has 3 rings (SSSR count).